The lowest BCUT2D eigenvalue weighted by molar-refractivity contribution is 1.19. The largest absolute Gasteiger partial charge is 0.187 e. The van der Waals surface area contributed by atoms with Crippen LogP contribution in [0.25, 0.3) is 0 Å². The maximum Gasteiger partial charge on any atom is -0.00590 e. The van der Waals surface area contributed by atoms with Gasteiger partial charge in [-0.25, -0.2) is 0 Å². The molecular weight excluding hydrogens is 248 g/mol. The second kappa shape index (κ2) is 5.66. The third-order valence-corrected chi connectivity index (χ3v) is 8.04. The summed E-state index contributed by atoms with van der Waals surface area (Å²) in [5.74, 6) is 2.58. The van der Waals surface area contributed by atoms with Crippen molar-refractivity contribution in [1.82, 2.24) is 0 Å². The predicted molar refractivity (Wildman–Crippen MR) is 85.1 cm³/mol. The number of hydrogen-bond donors (Lipinski definition) is 0. The average Bonchev–Trinajstić information content (AvgIpc) is 2.76. The third-order valence-electron chi connectivity index (χ3n) is 3.82. The zero-order valence-corrected chi connectivity index (χ0v) is 12.0. The summed E-state index contributed by atoms with van der Waals surface area (Å²) >= 11 is 0. The molecule has 2 aromatic rings. The molecule has 0 spiro atoms. The van der Waals surface area contributed by atoms with Crippen molar-refractivity contribution < 1.29 is 0 Å². The van der Waals surface area contributed by atoms with Crippen molar-refractivity contribution in [2.24, 2.45) is 0 Å². The Balaban J connectivity index is 2.10. The van der Waals surface area contributed by atoms with Gasteiger partial charge in [-0.15, -0.1) is 0 Å². The molecule has 1 aliphatic heterocycles. The standard InChI is InChI=1S/C18H20S/c1-2-10-16-19(15-9-1,17-11-5-3-6-12-17)18-13-7-4-8-14-18/h1-8,11-14H,9-10,15-16H2. The van der Waals surface area contributed by atoms with Crippen molar-refractivity contribution in [3.63, 3.8) is 0 Å². The fraction of sp³-hybridized carbons (Fsp3) is 0.222. The zero-order chi connectivity index (χ0) is 13.0. The van der Waals surface area contributed by atoms with E-state index in [1.807, 2.05) is 0 Å². The molecule has 0 saturated heterocycles. The molecule has 0 aliphatic carbocycles. The third kappa shape index (κ3) is 2.48. The van der Waals surface area contributed by atoms with Crippen LogP contribution in [0.4, 0.5) is 0 Å². The smallest absolute Gasteiger partial charge is 0.00590 e. The summed E-state index contributed by atoms with van der Waals surface area (Å²) in [7, 11) is -0.854. The van der Waals surface area contributed by atoms with Crippen LogP contribution >= 0.6 is 10.0 Å². The van der Waals surface area contributed by atoms with Gasteiger partial charge in [0.05, 0.1) is 0 Å². The quantitative estimate of drug-likeness (QED) is 0.652. The van der Waals surface area contributed by atoms with Crippen LogP contribution in [0.3, 0.4) is 0 Å². The molecule has 3 rings (SSSR count). The lowest BCUT2D eigenvalue weighted by Gasteiger charge is -2.40. The summed E-state index contributed by atoms with van der Waals surface area (Å²) in [5, 5.41) is 0. The molecule has 0 saturated carbocycles. The fourth-order valence-electron chi connectivity index (χ4n) is 2.85. The molecular formula is C18H20S. The maximum absolute atomic E-state index is 2.36. The summed E-state index contributed by atoms with van der Waals surface area (Å²) in [4.78, 5) is 3.09. The summed E-state index contributed by atoms with van der Waals surface area (Å²) in [5.41, 5.74) is 0. The number of rotatable bonds is 2. The van der Waals surface area contributed by atoms with Crippen molar-refractivity contribution in [2.75, 3.05) is 11.5 Å². The monoisotopic (exact) mass is 268 g/mol. The Hall–Kier alpha value is -1.47. The van der Waals surface area contributed by atoms with Gasteiger partial charge in [-0.2, -0.15) is 10.0 Å². The highest BCUT2D eigenvalue weighted by Crippen LogP contribution is 2.63. The normalized spacial score (nSPS) is 19.6. The molecule has 19 heavy (non-hydrogen) atoms. The highest BCUT2D eigenvalue weighted by Gasteiger charge is 2.27. The van der Waals surface area contributed by atoms with Gasteiger partial charge in [0.15, 0.2) is 0 Å². The first-order valence-corrected chi connectivity index (χ1v) is 8.93. The van der Waals surface area contributed by atoms with Crippen molar-refractivity contribution >= 4 is 10.0 Å². The number of allylic oxidation sites excluding steroid dienone is 2. The van der Waals surface area contributed by atoms with E-state index in [1.54, 1.807) is 9.79 Å². The Kier molecular flexibility index (Phi) is 3.74. The van der Waals surface area contributed by atoms with E-state index in [4.69, 9.17) is 0 Å². The van der Waals surface area contributed by atoms with E-state index in [2.05, 4.69) is 72.8 Å². The van der Waals surface area contributed by atoms with Gasteiger partial charge in [0.25, 0.3) is 0 Å². The van der Waals surface area contributed by atoms with E-state index in [9.17, 15) is 0 Å². The molecule has 1 heterocycles. The molecule has 0 aromatic heterocycles. The Morgan fingerprint density at radius 2 is 1.00 bits per heavy atom. The predicted octanol–water partition coefficient (Wildman–Crippen LogP) is 5.26. The second-order valence-electron chi connectivity index (χ2n) is 4.97. The SMILES string of the molecule is C1=CCCS(c2ccccc2)(c2ccccc2)CC1. The molecule has 2 aromatic carbocycles. The van der Waals surface area contributed by atoms with E-state index < -0.39 is 10.0 Å². The molecule has 0 amide bonds. The van der Waals surface area contributed by atoms with E-state index in [0.717, 1.165) is 0 Å². The van der Waals surface area contributed by atoms with E-state index >= 15 is 0 Å². The zero-order valence-electron chi connectivity index (χ0n) is 11.2. The van der Waals surface area contributed by atoms with Crippen LogP contribution in [0, 0.1) is 0 Å². The van der Waals surface area contributed by atoms with Gasteiger partial charge in [0, 0.05) is 0 Å². The van der Waals surface area contributed by atoms with Gasteiger partial charge < -0.3 is 0 Å². The van der Waals surface area contributed by atoms with Crippen LogP contribution in [0.15, 0.2) is 82.6 Å². The molecule has 0 fully saturated rings. The van der Waals surface area contributed by atoms with Gasteiger partial charge in [0.1, 0.15) is 0 Å². The lowest BCUT2D eigenvalue weighted by atomic mass is 10.4. The fourth-order valence-corrected chi connectivity index (χ4v) is 6.70. The molecule has 0 atom stereocenters. The first-order chi connectivity index (χ1) is 9.42. The first-order valence-electron chi connectivity index (χ1n) is 6.96. The van der Waals surface area contributed by atoms with Gasteiger partial charge in [-0.3, -0.25) is 0 Å². The minimum atomic E-state index is -0.854. The van der Waals surface area contributed by atoms with Crippen molar-refractivity contribution in [3.8, 4) is 0 Å². The van der Waals surface area contributed by atoms with Crippen molar-refractivity contribution in [3.05, 3.63) is 72.8 Å². The lowest BCUT2D eigenvalue weighted by Crippen LogP contribution is -2.09. The summed E-state index contributed by atoms with van der Waals surface area (Å²) in [6.07, 6.45) is 7.14. The van der Waals surface area contributed by atoms with E-state index in [0.29, 0.717) is 0 Å². The van der Waals surface area contributed by atoms with Gasteiger partial charge >= 0.3 is 0 Å². The Morgan fingerprint density at radius 1 is 0.579 bits per heavy atom. The van der Waals surface area contributed by atoms with Crippen molar-refractivity contribution in [1.29, 1.82) is 0 Å². The van der Waals surface area contributed by atoms with Crippen LogP contribution in [-0.4, -0.2) is 11.5 Å². The molecule has 0 unspecified atom stereocenters. The van der Waals surface area contributed by atoms with Crippen LogP contribution in [-0.2, 0) is 0 Å². The molecule has 1 heteroatoms. The molecule has 0 radical (unpaired) electrons. The first kappa shape index (κ1) is 12.6. The van der Waals surface area contributed by atoms with E-state index in [1.165, 1.54) is 24.3 Å². The topological polar surface area (TPSA) is 0 Å². The number of benzene rings is 2. The molecule has 0 bridgehead atoms. The van der Waals surface area contributed by atoms with Crippen molar-refractivity contribution in [2.45, 2.75) is 22.6 Å². The average molecular weight is 268 g/mol. The van der Waals surface area contributed by atoms with Gasteiger partial charge in [0.2, 0.25) is 0 Å². The highest BCUT2D eigenvalue weighted by atomic mass is 32.3. The molecule has 0 nitrogen and oxygen atoms in total. The Bertz CT molecular complexity index is 491. The van der Waals surface area contributed by atoms with Gasteiger partial charge in [-0.1, -0.05) is 48.6 Å². The molecule has 0 N–H and O–H groups in total. The maximum atomic E-state index is 2.36. The van der Waals surface area contributed by atoms with E-state index in [-0.39, 0.29) is 0 Å². The van der Waals surface area contributed by atoms with Crippen LogP contribution in [0.2, 0.25) is 0 Å². The molecule has 98 valence electrons. The highest BCUT2D eigenvalue weighted by molar-refractivity contribution is 8.33. The summed E-state index contributed by atoms with van der Waals surface area (Å²) in [6.45, 7) is 0. The Morgan fingerprint density at radius 3 is 1.42 bits per heavy atom. The Labute approximate surface area is 117 Å². The van der Waals surface area contributed by atoms with Gasteiger partial charge in [-0.05, 0) is 58.4 Å². The summed E-state index contributed by atoms with van der Waals surface area (Å²) in [6, 6.07) is 22.3. The molecule has 1 aliphatic rings. The summed E-state index contributed by atoms with van der Waals surface area (Å²) < 4.78 is 0. The van der Waals surface area contributed by atoms with Crippen LogP contribution < -0.4 is 0 Å². The minimum Gasteiger partial charge on any atom is -0.187 e. The van der Waals surface area contributed by atoms with Crippen LogP contribution in [0.5, 0.6) is 0 Å². The minimum absolute atomic E-state index is 0.854. The number of hydrogen-bond acceptors (Lipinski definition) is 0. The van der Waals surface area contributed by atoms with Crippen LogP contribution in [0.1, 0.15) is 12.8 Å². The second-order valence-corrected chi connectivity index (χ2v) is 8.49.